The molecule has 0 saturated carbocycles. The Hall–Kier alpha value is -3.28. The molecule has 3 rings (SSSR count). The number of urea groups is 2. The highest BCUT2D eigenvalue weighted by atomic mass is 19.4. The second kappa shape index (κ2) is 12.1. The summed E-state index contributed by atoms with van der Waals surface area (Å²) >= 11 is 0. The van der Waals surface area contributed by atoms with Gasteiger partial charge in [-0.15, -0.1) is 0 Å². The lowest BCUT2D eigenvalue weighted by Gasteiger charge is -2.43. The maximum atomic E-state index is 13.2. The van der Waals surface area contributed by atoms with Crippen molar-refractivity contribution >= 4 is 18.0 Å². The molecule has 1 aromatic carbocycles. The lowest BCUT2D eigenvalue weighted by atomic mass is 9.93. The van der Waals surface area contributed by atoms with E-state index in [1.807, 2.05) is 20.8 Å². The van der Waals surface area contributed by atoms with Gasteiger partial charge in [0.25, 0.3) is 0 Å². The van der Waals surface area contributed by atoms with Crippen molar-refractivity contribution in [2.75, 3.05) is 39.3 Å². The first kappa shape index (κ1) is 29.3. The first-order valence-corrected chi connectivity index (χ1v) is 12.8. The van der Waals surface area contributed by atoms with Crippen LogP contribution in [-0.4, -0.2) is 84.1 Å². The van der Waals surface area contributed by atoms with Gasteiger partial charge in [-0.3, -0.25) is 9.80 Å². The second-order valence-corrected chi connectivity index (χ2v) is 9.71. The normalized spacial score (nSPS) is 21.0. The van der Waals surface area contributed by atoms with Gasteiger partial charge in [-0.25, -0.2) is 14.4 Å². The zero-order valence-corrected chi connectivity index (χ0v) is 22.4. The van der Waals surface area contributed by atoms with Gasteiger partial charge in [0.15, 0.2) is 0 Å². The molecule has 38 heavy (non-hydrogen) atoms. The van der Waals surface area contributed by atoms with Gasteiger partial charge >= 0.3 is 24.2 Å². The molecule has 0 spiro atoms. The third kappa shape index (κ3) is 6.58. The van der Waals surface area contributed by atoms with Crippen LogP contribution in [0.25, 0.3) is 0 Å². The lowest BCUT2D eigenvalue weighted by molar-refractivity contribution is -0.139. The smallest absolute Gasteiger partial charge is 0.416 e. The predicted molar refractivity (Wildman–Crippen MR) is 135 cm³/mol. The number of carbonyl (C=O) groups excluding carboxylic acids is 3. The van der Waals surface area contributed by atoms with Gasteiger partial charge in [-0.05, 0) is 52.3 Å². The van der Waals surface area contributed by atoms with Crippen molar-refractivity contribution in [2.45, 2.75) is 58.9 Å². The highest BCUT2D eigenvalue weighted by Crippen LogP contribution is 2.35. The van der Waals surface area contributed by atoms with E-state index in [2.05, 4.69) is 15.5 Å². The summed E-state index contributed by atoms with van der Waals surface area (Å²) in [6.45, 7) is 11.2. The summed E-state index contributed by atoms with van der Waals surface area (Å²) in [5, 5.41) is 5.67. The number of nitrogens with zero attached hydrogens (tertiary/aromatic N) is 3. The fraction of sp³-hybridized carbons (Fsp3) is 0.577. The number of rotatable bonds is 7. The Bertz CT molecular complexity index is 1060. The van der Waals surface area contributed by atoms with Crippen LogP contribution in [0.4, 0.5) is 22.8 Å². The molecule has 0 aliphatic carbocycles. The highest BCUT2D eigenvalue weighted by Gasteiger charge is 2.40. The van der Waals surface area contributed by atoms with Crippen molar-refractivity contribution in [3.8, 4) is 0 Å². The summed E-state index contributed by atoms with van der Waals surface area (Å²) in [5.41, 5.74) is 0.132. The van der Waals surface area contributed by atoms with Gasteiger partial charge in [0.05, 0.1) is 23.8 Å². The minimum absolute atomic E-state index is 0.00557. The van der Waals surface area contributed by atoms with Crippen LogP contribution in [0.3, 0.4) is 0 Å². The molecule has 2 aliphatic heterocycles. The summed E-state index contributed by atoms with van der Waals surface area (Å²) in [6.07, 6.45) is -4.51. The van der Waals surface area contributed by atoms with E-state index in [1.165, 1.54) is 17.0 Å². The predicted octanol–water partition coefficient (Wildman–Crippen LogP) is 3.73. The van der Waals surface area contributed by atoms with Crippen molar-refractivity contribution in [1.29, 1.82) is 0 Å². The lowest BCUT2D eigenvalue weighted by Crippen LogP contribution is -2.58. The largest absolute Gasteiger partial charge is 0.463 e. The second-order valence-electron chi connectivity index (χ2n) is 9.71. The molecule has 12 heteroatoms. The van der Waals surface area contributed by atoms with E-state index in [0.717, 1.165) is 12.1 Å². The standard InChI is InChI=1S/C26H36F3N5O4/c1-6-33-20(15-32-12-13-34(17(5)14-32)24(36)30-16(3)4)21(23(35)38-7-2)22(31-25(33)37)18-8-10-19(11-9-18)26(27,28)29/h8-11,16-17,22H,6-7,12-15H2,1-5H3,(H,30,36)(H,31,37)/t17-,22-/m0/s1. The van der Waals surface area contributed by atoms with E-state index in [-0.39, 0.29) is 43.4 Å². The van der Waals surface area contributed by atoms with Gasteiger partial charge in [0, 0.05) is 50.5 Å². The fourth-order valence-corrected chi connectivity index (χ4v) is 4.79. The molecule has 2 heterocycles. The van der Waals surface area contributed by atoms with E-state index in [4.69, 9.17) is 4.74 Å². The summed E-state index contributed by atoms with van der Waals surface area (Å²) < 4.78 is 44.7. The average Bonchev–Trinajstić information content (AvgIpc) is 2.83. The maximum Gasteiger partial charge on any atom is 0.416 e. The number of benzene rings is 1. The molecule has 2 N–H and O–H groups in total. The number of alkyl halides is 3. The van der Waals surface area contributed by atoms with Crippen molar-refractivity contribution < 1.29 is 32.3 Å². The highest BCUT2D eigenvalue weighted by molar-refractivity contribution is 5.95. The Balaban J connectivity index is 1.96. The third-order valence-corrected chi connectivity index (χ3v) is 6.58. The number of likely N-dealkylation sites (N-methyl/N-ethyl adjacent to an activating group) is 1. The Morgan fingerprint density at radius 3 is 2.34 bits per heavy atom. The van der Waals surface area contributed by atoms with Crippen LogP contribution in [0, 0.1) is 0 Å². The van der Waals surface area contributed by atoms with Crippen LogP contribution in [0.15, 0.2) is 35.5 Å². The molecule has 4 amide bonds. The van der Waals surface area contributed by atoms with Gasteiger partial charge in [0.2, 0.25) is 0 Å². The van der Waals surface area contributed by atoms with Crippen LogP contribution >= 0.6 is 0 Å². The minimum atomic E-state index is -4.51. The van der Waals surface area contributed by atoms with Crippen LogP contribution in [0.5, 0.6) is 0 Å². The number of halogens is 3. The van der Waals surface area contributed by atoms with E-state index in [1.54, 1.807) is 18.7 Å². The van der Waals surface area contributed by atoms with E-state index >= 15 is 0 Å². The molecule has 0 bridgehead atoms. The fourth-order valence-electron chi connectivity index (χ4n) is 4.79. The topological polar surface area (TPSA) is 94.2 Å². The molecule has 210 valence electrons. The van der Waals surface area contributed by atoms with Crippen molar-refractivity contribution in [1.82, 2.24) is 25.3 Å². The number of esters is 1. The monoisotopic (exact) mass is 539 g/mol. The molecule has 1 fully saturated rings. The van der Waals surface area contributed by atoms with Crippen molar-refractivity contribution in [2.24, 2.45) is 0 Å². The number of amides is 4. The molecule has 0 radical (unpaired) electrons. The average molecular weight is 540 g/mol. The van der Waals surface area contributed by atoms with Crippen LogP contribution in [-0.2, 0) is 15.7 Å². The van der Waals surface area contributed by atoms with Crippen molar-refractivity contribution in [3.05, 3.63) is 46.7 Å². The Morgan fingerprint density at radius 2 is 1.82 bits per heavy atom. The molecule has 0 aromatic heterocycles. The quantitative estimate of drug-likeness (QED) is 0.515. The van der Waals surface area contributed by atoms with Crippen LogP contribution in [0.1, 0.15) is 51.8 Å². The Labute approximate surface area is 221 Å². The first-order chi connectivity index (χ1) is 17.9. The first-order valence-electron chi connectivity index (χ1n) is 12.8. The van der Waals surface area contributed by atoms with E-state index in [0.29, 0.717) is 30.9 Å². The summed E-state index contributed by atoms with van der Waals surface area (Å²) in [6, 6.07) is 2.70. The summed E-state index contributed by atoms with van der Waals surface area (Å²) in [7, 11) is 0. The third-order valence-electron chi connectivity index (χ3n) is 6.58. The van der Waals surface area contributed by atoms with E-state index in [9.17, 15) is 27.6 Å². The summed E-state index contributed by atoms with van der Waals surface area (Å²) in [5.74, 6) is -0.645. The van der Waals surface area contributed by atoms with Gasteiger partial charge < -0.3 is 20.3 Å². The molecule has 2 atom stereocenters. The number of hydrogen-bond donors (Lipinski definition) is 2. The number of carbonyl (C=O) groups is 3. The minimum Gasteiger partial charge on any atom is -0.463 e. The van der Waals surface area contributed by atoms with Crippen LogP contribution in [0.2, 0.25) is 0 Å². The van der Waals surface area contributed by atoms with Crippen LogP contribution < -0.4 is 10.6 Å². The summed E-state index contributed by atoms with van der Waals surface area (Å²) in [4.78, 5) is 44.1. The van der Waals surface area contributed by atoms with Crippen molar-refractivity contribution in [3.63, 3.8) is 0 Å². The molecular formula is C26H36F3N5O4. The van der Waals surface area contributed by atoms with Gasteiger partial charge in [-0.1, -0.05) is 12.1 Å². The number of piperazine rings is 1. The molecule has 0 unspecified atom stereocenters. The zero-order chi connectivity index (χ0) is 28.2. The molecule has 1 aromatic rings. The number of nitrogens with one attached hydrogen (secondary N) is 2. The molecule has 2 aliphatic rings. The Kier molecular flexibility index (Phi) is 9.29. The number of hydrogen-bond acceptors (Lipinski definition) is 5. The van der Waals surface area contributed by atoms with Gasteiger partial charge in [-0.2, -0.15) is 13.2 Å². The number of ether oxygens (including phenoxy) is 1. The SMILES string of the molecule is CCOC(=O)C1=C(CN2CCN(C(=O)NC(C)C)[C@@H](C)C2)N(CC)C(=O)N[C@H]1c1ccc(C(F)(F)F)cc1. The zero-order valence-electron chi connectivity index (χ0n) is 22.4. The van der Waals surface area contributed by atoms with E-state index < -0.39 is 29.8 Å². The molecule has 9 nitrogen and oxygen atoms in total. The molecule has 1 saturated heterocycles. The maximum absolute atomic E-state index is 13.2. The molecular weight excluding hydrogens is 503 g/mol. The Morgan fingerprint density at radius 1 is 1.16 bits per heavy atom. The van der Waals surface area contributed by atoms with Gasteiger partial charge in [0.1, 0.15) is 0 Å².